The van der Waals surface area contributed by atoms with Gasteiger partial charge in [-0.15, -0.1) is 0 Å². The van der Waals surface area contributed by atoms with E-state index in [2.05, 4.69) is 16.0 Å². The quantitative estimate of drug-likeness (QED) is 0.424. The second kappa shape index (κ2) is 9.39. The van der Waals surface area contributed by atoms with Crippen molar-refractivity contribution in [1.29, 1.82) is 5.26 Å². The van der Waals surface area contributed by atoms with Gasteiger partial charge in [0.2, 0.25) is 0 Å². The third-order valence-electron chi connectivity index (χ3n) is 6.57. The zero-order valence-corrected chi connectivity index (χ0v) is 19.8. The number of pyridine rings is 2. The van der Waals surface area contributed by atoms with Crippen molar-refractivity contribution < 1.29 is 14.3 Å². The minimum Gasteiger partial charge on any atom is -0.490 e. The number of fused-ring (bicyclic) bond motifs is 2. The number of nitriles is 1. The summed E-state index contributed by atoms with van der Waals surface area (Å²) in [5.41, 5.74) is 4.74. The van der Waals surface area contributed by atoms with Crippen molar-refractivity contribution in [3.8, 4) is 11.8 Å². The summed E-state index contributed by atoms with van der Waals surface area (Å²) < 4.78 is 13.2. The third kappa shape index (κ3) is 4.33. The van der Waals surface area contributed by atoms with Crippen LogP contribution in [0.4, 0.5) is 5.69 Å². The van der Waals surface area contributed by atoms with Crippen molar-refractivity contribution in [2.24, 2.45) is 7.05 Å². The van der Waals surface area contributed by atoms with Crippen LogP contribution in [0.15, 0.2) is 39.5 Å². The van der Waals surface area contributed by atoms with Crippen molar-refractivity contribution in [2.75, 3.05) is 31.2 Å². The number of nitrogens with zero attached hydrogens (tertiary/aromatic N) is 5. The Morgan fingerprint density at radius 3 is 2.77 bits per heavy atom. The van der Waals surface area contributed by atoms with E-state index < -0.39 is 0 Å². The van der Waals surface area contributed by atoms with Gasteiger partial charge in [0, 0.05) is 51.2 Å². The maximum atomic E-state index is 12.8. The molecule has 0 amide bonds. The van der Waals surface area contributed by atoms with E-state index >= 15 is 0 Å². The molecule has 0 spiro atoms. The number of hydrogen-bond donors (Lipinski definition) is 1. The maximum Gasteiger partial charge on any atom is 0.252 e. The van der Waals surface area contributed by atoms with Crippen LogP contribution in [0.2, 0.25) is 0 Å². The van der Waals surface area contributed by atoms with Crippen LogP contribution >= 0.6 is 0 Å². The molecular formula is C26H27N5O4. The summed E-state index contributed by atoms with van der Waals surface area (Å²) in [5, 5.41) is 18.7. The molecule has 0 bridgehead atoms. The van der Waals surface area contributed by atoms with Gasteiger partial charge in [-0.1, -0.05) is 6.07 Å². The number of anilines is 1. The number of piperidine rings is 1. The van der Waals surface area contributed by atoms with Gasteiger partial charge < -0.3 is 23.7 Å². The highest BCUT2D eigenvalue weighted by Gasteiger charge is 2.27. The molecule has 1 aromatic carbocycles. The second-order valence-corrected chi connectivity index (χ2v) is 8.95. The fourth-order valence-electron chi connectivity index (χ4n) is 4.61. The largest absolute Gasteiger partial charge is 0.490 e. The average molecular weight is 474 g/mol. The van der Waals surface area contributed by atoms with E-state index in [1.54, 1.807) is 19.2 Å². The number of aryl methyl sites for hydroxylation is 2. The first-order valence-corrected chi connectivity index (χ1v) is 11.8. The zero-order chi connectivity index (χ0) is 24.5. The van der Waals surface area contributed by atoms with Crippen LogP contribution in [0.5, 0.6) is 5.75 Å². The first kappa shape index (κ1) is 22.9. The second-order valence-electron chi connectivity index (χ2n) is 8.95. The molecule has 3 aromatic heterocycles. The Morgan fingerprint density at radius 1 is 1.23 bits per heavy atom. The number of aliphatic hydroxyl groups excluding tert-OH is 1. The average Bonchev–Trinajstić information content (AvgIpc) is 3.29. The van der Waals surface area contributed by atoms with E-state index in [4.69, 9.17) is 19.2 Å². The molecule has 4 heterocycles. The Hall–Kier alpha value is -3.90. The van der Waals surface area contributed by atoms with E-state index in [0.29, 0.717) is 42.0 Å². The fourth-order valence-corrected chi connectivity index (χ4v) is 4.61. The first-order valence-electron chi connectivity index (χ1n) is 11.8. The first-order chi connectivity index (χ1) is 17.0. The normalized spacial score (nSPS) is 14.5. The Balaban J connectivity index is 1.44. The smallest absolute Gasteiger partial charge is 0.252 e. The molecule has 1 aliphatic heterocycles. The molecule has 9 heteroatoms. The molecule has 9 nitrogen and oxygen atoms in total. The molecule has 1 fully saturated rings. The number of rotatable bonds is 6. The summed E-state index contributed by atoms with van der Waals surface area (Å²) in [6.45, 7) is 3.71. The van der Waals surface area contributed by atoms with Gasteiger partial charge in [-0.25, -0.2) is 9.97 Å². The van der Waals surface area contributed by atoms with Gasteiger partial charge in [0.05, 0.1) is 17.8 Å². The summed E-state index contributed by atoms with van der Waals surface area (Å²) in [5.74, 6) is 1.27. The number of hydrogen-bond acceptors (Lipinski definition) is 8. The van der Waals surface area contributed by atoms with Crippen LogP contribution < -0.4 is 15.2 Å². The highest BCUT2D eigenvalue weighted by atomic mass is 16.5. The summed E-state index contributed by atoms with van der Waals surface area (Å²) >= 11 is 0. The molecule has 1 N–H and O–H groups in total. The number of ether oxygens (including phenoxy) is 1. The molecule has 1 aliphatic rings. The van der Waals surface area contributed by atoms with E-state index in [1.165, 1.54) is 4.57 Å². The molecule has 35 heavy (non-hydrogen) atoms. The lowest BCUT2D eigenvalue weighted by molar-refractivity contribution is 0.233. The van der Waals surface area contributed by atoms with Crippen LogP contribution in [0.3, 0.4) is 0 Å². The molecule has 1 saturated heterocycles. The highest BCUT2D eigenvalue weighted by Crippen LogP contribution is 2.34. The third-order valence-corrected chi connectivity index (χ3v) is 6.57. The van der Waals surface area contributed by atoms with Gasteiger partial charge in [0.15, 0.2) is 22.9 Å². The Kier molecular flexibility index (Phi) is 6.14. The van der Waals surface area contributed by atoms with E-state index in [-0.39, 0.29) is 30.4 Å². The summed E-state index contributed by atoms with van der Waals surface area (Å²) in [4.78, 5) is 24.2. The van der Waals surface area contributed by atoms with Crippen LogP contribution in [-0.2, 0) is 7.05 Å². The number of aliphatic hydroxyl groups is 1. The van der Waals surface area contributed by atoms with Gasteiger partial charge in [-0.2, -0.15) is 5.26 Å². The Morgan fingerprint density at radius 2 is 2.03 bits per heavy atom. The van der Waals surface area contributed by atoms with E-state index in [0.717, 1.165) is 35.4 Å². The summed E-state index contributed by atoms with van der Waals surface area (Å²) in [6, 6.07) is 11.4. The van der Waals surface area contributed by atoms with Gasteiger partial charge in [0.25, 0.3) is 5.56 Å². The molecule has 0 atom stereocenters. The zero-order valence-electron chi connectivity index (χ0n) is 19.8. The maximum absolute atomic E-state index is 12.8. The predicted octanol–water partition coefficient (Wildman–Crippen LogP) is 3.40. The van der Waals surface area contributed by atoms with Crippen LogP contribution in [0.1, 0.15) is 42.3 Å². The number of aromatic nitrogens is 3. The lowest BCUT2D eigenvalue weighted by Gasteiger charge is -2.33. The lowest BCUT2D eigenvalue weighted by atomic mass is 9.96. The van der Waals surface area contributed by atoms with Gasteiger partial charge in [-0.05, 0) is 37.5 Å². The van der Waals surface area contributed by atoms with E-state index in [9.17, 15) is 10.1 Å². The van der Waals surface area contributed by atoms with Crippen molar-refractivity contribution in [3.63, 3.8) is 0 Å². The van der Waals surface area contributed by atoms with Crippen molar-refractivity contribution >= 4 is 27.8 Å². The molecule has 4 aromatic rings. The Bertz CT molecular complexity index is 1490. The minimum absolute atomic E-state index is 0.00925. The van der Waals surface area contributed by atoms with Gasteiger partial charge in [0.1, 0.15) is 17.1 Å². The molecule has 0 saturated carbocycles. The van der Waals surface area contributed by atoms with Crippen molar-refractivity contribution in [3.05, 3.63) is 57.8 Å². The number of oxazole rings is 1. The fraction of sp³-hybridized carbons (Fsp3) is 0.385. The minimum atomic E-state index is -0.156. The molecule has 180 valence electrons. The molecule has 0 aliphatic carbocycles. The van der Waals surface area contributed by atoms with Crippen LogP contribution in [0, 0.1) is 18.3 Å². The monoisotopic (exact) mass is 473 g/mol. The molecule has 0 unspecified atom stereocenters. The predicted molar refractivity (Wildman–Crippen MR) is 132 cm³/mol. The Labute approximate surface area is 202 Å². The molecular weight excluding hydrogens is 446 g/mol. The van der Waals surface area contributed by atoms with Crippen molar-refractivity contribution in [2.45, 2.75) is 32.1 Å². The molecule has 5 rings (SSSR count). The standard InChI is InChI=1S/C26H27N5O4/c1-16-4-5-22-18(12-16)29-26(35-22)17-6-8-31(9-7-17)21-14-24(33)30(2)20-13-23(34-11-3-10-32)19(15-27)28-25(20)21/h4-5,12-14,17,32H,3,6-11H2,1-2H3. The van der Waals surface area contributed by atoms with Crippen LogP contribution in [0.25, 0.3) is 22.1 Å². The number of benzene rings is 1. The van der Waals surface area contributed by atoms with Gasteiger partial charge in [-0.3, -0.25) is 4.79 Å². The van der Waals surface area contributed by atoms with Crippen molar-refractivity contribution in [1.82, 2.24) is 14.5 Å². The summed E-state index contributed by atoms with van der Waals surface area (Å²) in [7, 11) is 1.68. The topological polar surface area (TPSA) is 117 Å². The van der Waals surface area contributed by atoms with E-state index in [1.807, 2.05) is 25.1 Å². The lowest BCUT2D eigenvalue weighted by Crippen LogP contribution is -2.34. The van der Waals surface area contributed by atoms with Gasteiger partial charge >= 0.3 is 0 Å². The summed E-state index contributed by atoms with van der Waals surface area (Å²) in [6.07, 6.45) is 2.10. The SMILES string of the molecule is Cc1ccc2oc(C3CCN(c4cc(=O)n(C)c5cc(OCCCO)c(C#N)nc45)CC3)nc2c1. The van der Waals surface area contributed by atoms with Crippen LogP contribution in [-0.4, -0.2) is 45.9 Å². The highest BCUT2D eigenvalue weighted by molar-refractivity contribution is 5.90. The molecule has 0 radical (unpaired) electrons.